The van der Waals surface area contributed by atoms with Crippen LogP contribution >= 0.6 is 0 Å². The number of methoxy groups -OCH3 is 1. The number of rotatable bonds is 17. The lowest BCUT2D eigenvalue weighted by atomic mass is 10.1. The second-order valence-electron chi connectivity index (χ2n) is 10.3. The van der Waals surface area contributed by atoms with Crippen molar-refractivity contribution in [2.45, 2.75) is 50.0 Å². The van der Waals surface area contributed by atoms with Crippen LogP contribution in [0.1, 0.15) is 22.3 Å². The van der Waals surface area contributed by atoms with E-state index in [1.807, 2.05) is 97.9 Å². The molecule has 0 saturated carbocycles. The smallest absolute Gasteiger partial charge is 0.330 e. The highest BCUT2D eigenvalue weighted by Gasteiger charge is 2.33. The van der Waals surface area contributed by atoms with Gasteiger partial charge in [0.15, 0.2) is 0 Å². The number of aryl methyl sites for hydroxylation is 1. The van der Waals surface area contributed by atoms with E-state index in [9.17, 15) is 13.2 Å². The zero-order valence-electron chi connectivity index (χ0n) is 25.4. The summed E-state index contributed by atoms with van der Waals surface area (Å²) in [7, 11) is -2.85. The molecule has 9 heteroatoms. The fraction of sp³-hybridized carbons (Fsp3) is 0.250. The van der Waals surface area contributed by atoms with Crippen LogP contribution in [0.3, 0.4) is 0 Å². The van der Waals surface area contributed by atoms with E-state index in [0.29, 0.717) is 0 Å². The number of hydrogen-bond donors (Lipinski definition) is 0. The molecule has 0 unspecified atom stereocenters. The minimum Gasteiger partial charge on any atom is -0.466 e. The van der Waals surface area contributed by atoms with Gasteiger partial charge < -0.3 is 18.9 Å². The lowest BCUT2D eigenvalue weighted by molar-refractivity contribution is -0.147. The number of benzene rings is 4. The minimum absolute atomic E-state index is 0.0270. The Balaban J connectivity index is 1.68. The van der Waals surface area contributed by atoms with Crippen molar-refractivity contribution in [1.82, 2.24) is 0 Å². The summed E-state index contributed by atoms with van der Waals surface area (Å²) in [5.74, 6) is -0.579. The van der Waals surface area contributed by atoms with Crippen molar-refractivity contribution in [2.24, 2.45) is 0 Å². The van der Waals surface area contributed by atoms with Gasteiger partial charge in [0, 0.05) is 6.08 Å². The summed E-state index contributed by atoms with van der Waals surface area (Å²) < 4.78 is 56.0. The first kappa shape index (κ1) is 33.8. The highest BCUT2D eigenvalue weighted by Crippen LogP contribution is 2.22. The number of carbonyl (C=O) groups excluding carboxylic acids is 1. The Labute approximate surface area is 265 Å². The predicted octanol–water partition coefficient (Wildman–Crippen LogP) is 6.19. The number of carbonyl (C=O) groups is 1. The van der Waals surface area contributed by atoms with Crippen molar-refractivity contribution in [3.8, 4) is 0 Å². The van der Waals surface area contributed by atoms with Crippen LogP contribution in [0.2, 0.25) is 0 Å². The van der Waals surface area contributed by atoms with Crippen LogP contribution in [0.4, 0.5) is 0 Å². The van der Waals surface area contributed by atoms with E-state index in [2.05, 4.69) is 0 Å². The molecule has 0 bridgehead atoms. The van der Waals surface area contributed by atoms with Crippen LogP contribution in [-0.2, 0) is 57.9 Å². The molecule has 0 amide bonds. The molecule has 0 aliphatic rings. The molecule has 0 heterocycles. The third-order valence-electron chi connectivity index (χ3n) is 6.89. The van der Waals surface area contributed by atoms with Gasteiger partial charge in [-0.05, 0) is 41.8 Å². The van der Waals surface area contributed by atoms with Crippen molar-refractivity contribution in [1.29, 1.82) is 0 Å². The van der Waals surface area contributed by atoms with Gasteiger partial charge in [0.25, 0.3) is 10.1 Å². The minimum atomic E-state index is -4.13. The fourth-order valence-electron chi connectivity index (χ4n) is 4.39. The largest absolute Gasteiger partial charge is 0.466 e. The number of hydrogen-bond acceptors (Lipinski definition) is 8. The van der Waals surface area contributed by atoms with Crippen LogP contribution in [-0.4, -0.2) is 46.4 Å². The van der Waals surface area contributed by atoms with Crippen molar-refractivity contribution >= 4 is 16.1 Å². The van der Waals surface area contributed by atoms with E-state index in [4.69, 9.17) is 23.1 Å². The lowest BCUT2D eigenvalue weighted by Crippen LogP contribution is -2.44. The molecule has 0 saturated heterocycles. The molecule has 0 spiro atoms. The molecule has 0 radical (unpaired) electrons. The van der Waals surface area contributed by atoms with E-state index in [1.165, 1.54) is 31.4 Å². The van der Waals surface area contributed by atoms with Gasteiger partial charge in [-0.15, -0.1) is 0 Å². The summed E-state index contributed by atoms with van der Waals surface area (Å²) in [6.07, 6.45) is 0.0771. The monoisotopic (exact) mass is 630 g/mol. The van der Waals surface area contributed by atoms with Crippen molar-refractivity contribution < 1.29 is 36.3 Å². The molecule has 8 nitrogen and oxygen atoms in total. The third-order valence-corrected chi connectivity index (χ3v) is 8.18. The van der Waals surface area contributed by atoms with E-state index in [0.717, 1.165) is 22.3 Å². The molecular formula is C36H38O8S. The van der Waals surface area contributed by atoms with Gasteiger partial charge in [-0.2, -0.15) is 8.42 Å². The second-order valence-corrected chi connectivity index (χ2v) is 11.9. The first-order valence-corrected chi connectivity index (χ1v) is 15.9. The first-order valence-electron chi connectivity index (χ1n) is 14.5. The van der Waals surface area contributed by atoms with Crippen LogP contribution in [0.5, 0.6) is 0 Å². The molecule has 0 aliphatic carbocycles. The molecule has 4 rings (SSSR count). The van der Waals surface area contributed by atoms with Crippen molar-refractivity contribution in [3.05, 3.63) is 150 Å². The van der Waals surface area contributed by atoms with Crippen LogP contribution in [0, 0.1) is 6.92 Å². The van der Waals surface area contributed by atoms with Gasteiger partial charge in [-0.25, -0.2) is 4.79 Å². The van der Waals surface area contributed by atoms with Gasteiger partial charge in [0.1, 0.15) is 18.3 Å². The predicted molar refractivity (Wildman–Crippen MR) is 171 cm³/mol. The molecule has 236 valence electrons. The summed E-state index contributed by atoms with van der Waals surface area (Å²) in [4.78, 5) is 12.2. The van der Waals surface area contributed by atoms with Gasteiger partial charge in [0.2, 0.25) is 0 Å². The molecule has 0 fully saturated rings. The molecule has 4 aromatic rings. The van der Waals surface area contributed by atoms with Gasteiger partial charge in [0.05, 0.1) is 38.4 Å². The van der Waals surface area contributed by atoms with E-state index >= 15 is 0 Å². The van der Waals surface area contributed by atoms with Crippen molar-refractivity contribution in [3.63, 3.8) is 0 Å². The molecule has 45 heavy (non-hydrogen) atoms. The SMILES string of the molecule is COC(=O)/C=C/[C@@H](OCc1ccccc1)[C@H](OCc1ccccc1)[C@@H](COS(=O)(=O)c1ccc(C)cc1)OCc1ccccc1. The Morgan fingerprint density at radius 1 is 0.689 bits per heavy atom. The van der Waals surface area contributed by atoms with E-state index < -0.39 is 34.4 Å². The Hall–Kier alpha value is -4.12. The average Bonchev–Trinajstić information content (AvgIpc) is 3.07. The van der Waals surface area contributed by atoms with Gasteiger partial charge >= 0.3 is 5.97 Å². The summed E-state index contributed by atoms with van der Waals surface area (Å²) >= 11 is 0. The highest BCUT2D eigenvalue weighted by molar-refractivity contribution is 7.86. The maximum absolute atomic E-state index is 13.2. The van der Waals surface area contributed by atoms with Crippen molar-refractivity contribution in [2.75, 3.05) is 13.7 Å². The average molecular weight is 631 g/mol. The normalized spacial score (nSPS) is 13.7. The summed E-state index contributed by atoms with van der Waals surface area (Å²) in [5.41, 5.74) is 3.58. The maximum Gasteiger partial charge on any atom is 0.330 e. The molecule has 0 aromatic heterocycles. The van der Waals surface area contributed by atoms with Crippen LogP contribution < -0.4 is 0 Å². The molecule has 0 N–H and O–H groups in total. The number of ether oxygens (including phenoxy) is 4. The Kier molecular flexibility index (Phi) is 13.0. The lowest BCUT2D eigenvalue weighted by Gasteiger charge is -2.32. The first-order chi connectivity index (χ1) is 21.8. The topological polar surface area (TPSA) is 97.4 Å². The molecule has 3 atom stereocenters. The Morgan fingerprint density at radius 2 is 1.18 bits per heavy atom. The fourth-order valence-corrected chi connectivity index (χ4v) is 5.31. The zero-order chi connectivity index (χ0) is 31.9. The summed E-state index contributed by atoms with van der Waals surface area (Å²) in [5, 5.41) is 0. The van der Waals surface area contributed by atoms with Crippen LogP contribution in [0.15, 0.2) is 132 Å². The third kappa shape index (κ3) is 11.1. The summed E-state index contributed by atoms with van der Waals surface area (Å²) in [6.45, 7) is 2.00. The van der Waals surface area contributed by atoms with Gasteiger partial charge in [-0.3, -0.25) is 4.18 Å². The van der Waals surface area contributed by atoms with E-state index in [1.54, 1.807) is 12.1 Å². The standard InChI is InChI=1S/C36H38O8S/c1-28-18-20-32(21-19-28)45(38,39)44-27-34(42-25-30-14-8-4-9-15-30)36(43-26-31-16-10-5-11-17-31)33(22-23-35(37)40-2)41-24-29-12-6-3-7-13-29/h3-23,33-34,36H,24-27H2,1-2H3/b23-22+/t33-,34-,36+/m1/s1. The molecular weight excluding hydrogens is 592 g/mol. The van der Waals surface area contributed by atoms with Crippen LogP contribution in [0.25, 0.3) is 0 Å². The van der Waals surface area contributed by atoms with E-state index in [-0.39, 0.29) is 31.3 Å². The van der Waals surface area contributed by atoms with Gasteiger partial charge in [-0.1, -0.05) is 109 Å². The Morgan fingerprint density at radius 3 is 1.69 bits per heavy atom. The highest BCUT2D eigenvalue weighted by atomic mass is 32.2. The second kappa shape index (κ2) is 17.4. The molecule has 4 aromatic carbocycles. The number of esters is 1. The molecule has 0 aliphatic heterocycles. The zero-order valence-corrected chi connectivity index (χ0v) is 26.2. The Bertz CT molecular complexity index is 1570. The maximum atomic E-state index is 13.2. The summed E-state index contributed by atoms with van der Waals surface area (Å²) in [6, 6.07) is 35.0. The quantitative estimate of drug-likeness (QED) is 0.0775.